The number of thiophene rings is 1. The molecule has 28 heavy (non-hydrogen) atoms. The van der Waals surface area contributed by atoms with Crippen molar-refractivity contribution in [3.05, 3.63) is 52.2 Å². The van der Waals surface area contributed by atoms with Crippen molar-refractivity contribution in [1.82, 2.24) is 15.1 Å². The van der Waals surface area contributed by atoms with Gasteiger partial charge in [-0.3, -0.25) is 4.79 Å². The first-order valence-corrected chi connectivity index (χ1v) is 10.5. The maximum Gasteiger partial charge on any atom is 0.243 e. The van der Waals surface area contributed by atoms with E-state index in [1.54, 1.807) is 30.3 Å². The van der Waals surface area contributed by atoms with E-state index in [1.807, 2.05) is 0 Å². The van der Waals surface area contributed by atoms with Crippen molar-refractivity contribution in [2.75, 3.05) is 51.7 Å². The lowest BCUT2D eigenvalue weighted by atomic mass is 10.2. The molecule has 7 heteroatoms. The fourth-order valence-electron chi connectivity index (χ4n) is 3.13. The molecule has 150 valence electrons. The Hall–Kier alpha value is -2.54. The molecule has 6 nitrogen and oxygen atoms in total. The number of hydrogen-bond acceptors (Lipinski definition) is 4. The molecule has 3 rings (SSSR count). The van der Waals surface area contributed by atoms with E-state index >= 15 is 0 Å². The average molecular weight is 400 g/mol. The Morgan fingerprint density at radius 1 is 1.18 bits per heavy atom. The van der Waals surface area contributed by atoms with Crippen LogP contribution in [0.2, 0.25) is 0 Å². The van der Waals surface area contributed by atoms with Crippen molar-refractivity contribution >= 4 is 28.9 Å². The minimum absolute atomic E-state index is 0.00817. The van der Waals surface area contributed by atoms with Crippen LogP contribution in [0.5, 0.6) is 0 Å². The fourth-order valence-corrected chi connectivity index (χ4v) is 3.78. The second-order valence-electron chi connectivity index (χ2n) is 7.17. The molecule has 0 radical (unpaired) electrons. The summed E-state index contributed by atoms with van der Waals surface area (Å²) in [7, 11) is 3.52. The molecule has 1 aliphatic rings. The van der Waals surface area contributed by atoms with Gasteiger partial charge < -0.3 is 20.0 Å². The van der Waals surface area contributed by atoms with Crippen molar-refractivity contribution in [2.45, 2.75) is 13.5 Å². The summed E-state index contributed by atoms with van der Waals surface area (Å²) in [4.78, 5) is 24.1. The molecule has 1 saturated heterocycles. The lowest BCUT2D eigenvalue weighted by Gasteiger charge is -2.38. The van der Waals surface area contributed by atoms with Crippen LogP contribution >= 0.6 is 11.3 Å². The molecule has 2 aromatic rings. The second kappa shape index (κ2) is 9.59. The SMILES string of the molecule is Cc1cccc(N2CCN(C(=NCC(=O)N(C)C)NCc3cccs3)CC2)c1. The molecule has 1 amide bonds. The molecule has 1 aromatic carbocycles. The van der Waals surface area contributed by atoms with E-state index < -0.39 is 0 Å². The van der Waals surface area contributed by atoms with Gasteiger partial charge in [-0.25, -0.2) is 4.99 Å². The second-order valence-corrected chi connectivity index (χ2v) is 8.21. The van der Waals surface area contributed by atoms with Crippen molar-refractivity contribution in [1.29, 1.82) is 0 Å². The highest BCUT2D eigenvalue weighted by Gasteiger charge is 2.20. The minimum Gasteiger partial charge on any atom is -0.368 e. The van der Waals surface area contributed by atoms with E-state index in [0.29, 0.717) is 0 Å². The van der Waals surface area contributed by atoms with Gasteiger partial charge in [-0.15, -0.1) is 11.3 Å². The number of aryl methyl sites for hydroxylation is 1. The highest BCUT2D eigenvalue weighted by molar-refractivity contribution is 7.09. The number of nitrogens with zero attached hydrogens (tertiary/aromatic N) is 4. The van der Waals surface area contributed by atoms with Gasteiger partial charge >= 0.3 is 0 Å². The van der Waals surface area contributed by atoms with E-state index in [0.717, 1.165) is 38.7 Å². The number of anilines is 1. The Morgan fingerprint density at radius 2 is 1.96 bits per heavy atom. The van der Waals surface area contributed by atoms with E-state index in [-0.39, 0.29) is 12.5 Å². The van der Waals surface area contributed by atoms with Gasteiger partial charge in [0.15, 0.2) is 5.96 Å². The number of guanidine groups is 1. The van der Waals surface area contributed by atoms with Crippen LogP contribution in [0.15, 0.2) is 46.8 Å². The third kappa shape index (κ3) is 5.48. The van der Waals surface area contributed by atoms with E-state index in [4.69, 9.17) is 0 Å². The molecule has 0 bridgehead atoms. The van der Waals surface area contributed by atoms with Crippen LogP contribution in [-0.2, 0) is 11.3 Å². The van der Waals surface area contributed by atoms with Crippen LogP contribution in [0.25, 0.3) is 0 Å². The number of nitrogens with one attached hydrogen (secondary N) is 1. The topological polar surface area (TPSA) is 51.2 Å². The van der Waals surface area contributed by atoms with Crippen molar-refractivity contribution in [3.63, 3.8) is 0 Å². The number of rotatable bonds is 5. The number of aliphatic imine (C=N–C) groups is 1. The summed E-state index contributed by atoms with van der Waals surface area (Å²) >= 11 is 1.72. The molecule has 0 spiro atoms. The number of likely N-dealkylation sites (N-methyl/N-ethyl adjacent to an activating group) is 1. The van der Waals surface area contributed by atoms with E-state index in [9.17, 15) is 4.79 Å². The summed E-state index contributed by atoms with van der Waals surface area (Å²) in [6, 6.07) is 12.8. The first-order valence-electron chi connectivity index (χ1n) is 9.60. The van der Waals surface area contributed by atoms with Crippen LogP contribution in [0.3, 0.4) is 0 Å². The van der Waals surface area contributed by atoms with Crippen LogP contribution in [0.1, 0.15) is 10.4 Å². The van der Waals surface area contributed by atoms with Gasteiger partial charge in [0.05, 0.1) is 6.54 Å². The Kier molecular flexibility index (Phi) is 6.92. The normalized spacial score (nSPS) is 14.9. The predicted molar refractivity (Wildman–Crippen MR) is 117 cm³/mol. The zero-order valence-electron chi connectivity index (χ0n) is 16.9. The Bertz CT molecular complexity index is 795. The fraction of sp³-hybridized carbons (Fsp3) is 0.429. The van der Waals surface area contributed by atoms with Gasteiger partial charge in [0.25, 0.3) is 0 Å². The Labute approximate surface area is 171 Å². The Balaban J connectivity index is 1.64. The zero-order chi connectivity index (χ0) is 19.9. The maximum atomic E-state index is 12.0. The standard InChI is InChI=1S/C21H29N5OS/c1-17-6-4-7-18(14-17)25-9-11-26(12-10-25)21(23-16-20(27)24(2)3)22-15-19-8-5-13-28-19/h4-8,13-14H,9-12,15-16H2,1-3H3,(H,22,23). The van der Waals surface area contributed by atoms with Crippen molar-refractivity contribution < 1.29 is 4.79 Å². The highest BCUT2D eigenvalue weighted by atomic mass is 32.1. The molecular weight excluding hydrogens is 370 g/mol. The summed E-state index contributed by atoms with van der Waals surface area (Å²) in [5.41, 5.74) is 2.55. The first-order chi connectivity index (χ1) is 13.5. The van der Waals surface area contributed by atoms with Crippen LogP contribution < -0.4 is 10.2 Å². The highest BCUT2D eigenvalue weighted by Crippen LogP contribution is 2.18. The zero-order valence-corrected chi connectivity index (χ0v) is 17.7. The maximum absolute atomic E-state index is 12.0. The predicted octanol–water partition coefficient (Wildman–Crippen LogP) is 2.41. The first kappa shape index (κ1) is 20.2. The molecule has 0 aliphatic carbocycles. The summed E-state index contributed by atoms with van der Waals surface area (Å²) < 4.78 is 0. The lowest BCUT2D eigenvalue weighted by molar-refractivity contribution is -0.127. The van der Waals surface area contributed by atoms with Gasteiger partial charge in [0.1, 0.15) is 6.54 Å². The molecule has 0 unspecified atom stereocenters. The molecule has 0 saturated carbocycles. The molecule has 2 heterocycles. The molecule has 0 atom stereocenters. The number of hydrogen-bond donors (Lipinski definition) is 1. The summed E-state index contributed by atoms with van der Waals surface area (Å²) in [6.45, 7) is 6.64. The third-order valence-corrected chi connectivity index (χ3v) is 5.69. The summed E-state index contributed by atoms with van der Waals surface area (Å²) in [6.07, 6.45) is 0. The number of benzene rings is 1. The quantitative estimate of drug-likeness (QED) is 0.620. The van der Waals surface area contributed by atoms with Crippen LogP contribution in [0, 0.1) is 6.92 Å². The van der Waals surface area contributed by atoms with Crippen molar-refractivity contribution in [2.24, 2.45) is 4.99 Å². The Morgan fingerprint density at radius 3 is 2.61 bits per heavy atom. The smallest absolute Gasteiger partial charge is 0.243 e. The number of carbonyl (C=O) groups is 1. The third-order valence-electron chi connectivity index (χ3n) is 4.81. The minimum atomic E-state index is 0.00817. The van der Waals surface area contributed by atoms with Crippen LogP contribution in [-0.4, -0.2) is 68.5 Å². The van der Waals surface area contributed by atoms with E-state index in [2.05, 4.69) is 68.8 Å². The summed E-state index contributed by atoms with van der Waals surface area (Å²) in [5, 5.41) is 5.52. The van der Waals surface area contributed by atoms with Gasteiger partial charge in [0, 0.05) is 50.8 Å². The molecule has 1 aliphatic heterocycles. The van der Waals surface area contributed by atoms with Gasteiger partial charge in [-0.1, -0.05) is 18.2 Å². The number of amides is 1. The molecule has 1 aromatic heterocycles. The van der Waals surface area contributed by atoms with Crippen molar-refractivity contribution in [3.8, 4) is 0 Å². The van der Waals surface area contributed by atoms with Gasteiger partial charge in [-0.2, -0.15) is 0 Å². The van der Waals surface area contributed by atoms with Crippen LogP contribution in [0.4, 0.5) is 5.69 Å². The molecular formula is C21H29N5OS. The van der Waals surface area contributed by atoms with Gasteiger partial charge in [0.2, 0.25) is 5.91 Å². The lowest BCUT2D eigenvalue weighted by Crippen LogP contribution is -2.52. The number of carbonyl (C=O) groups excluding carboxylic acids is 1. The largest absolute Gasteiger partial charge is 0.368 e. The van der Waals surface area contributed by atoms with E-state index in [1.165, 1.54) is 16.1 Å². The van der Waals surface area contributed by atoms with Gasteiger partial charge in [-0.05, 0) is 36.1 Å². The molecule has 1 N–H and O–H groups in total. The monoisotopic (exact) mass is 399 g/mol. The average Bonchev–Trinajstić information content (AvgIpc) is 3.21. The number of piperazine rings is 1. The molecule has 1 fully saturated rings. The summed E-state index contributed by atoms with van der Waals surface area (Å²) in [5.74, 6) is 0.821.